The first-order valence-electron chi connectivity index (χ1n) is 5.93. The highest BCUT2D eigenvalue weighted by molar-refractivity contribution is 5.26. The van der Waals surface area contributed by atoms with E-state index in [0.29, 0.717) is 6.61 Å². The fourth-order valence-electron chi connectivity index (χ4n) is 2.41. The standard InChI is InChI=1S/C14H22O2/c1-4-14(5-2,13(15)11-16-3)12-9-7-6-8-10-12/h6-10,13,15H,4-5,11H2,1-3H3. The van der Waals surface area contributed by atoms with E-state index >= 15 is 0 Å². The molecule has 2 nitrogen and oxygen atoms in total. The van der Waals surface area contributed by atoms with Crippen LogP contribution in [0.1, 0.15) is 32.3 Å². The molecule has 0 aliphatic carbocycles. The van der Waals surface area contributed by atoms with Crippen LogP contribution in [0.2, 0.25) is 0 Å². The smallest absolute Gasteiger partial charge is 0.0869 e. The van der Waals surface area contributed by atoms with Crippen molar-refractivity contribution < 1.29 is 9.84 Å². The van der Waals surface area contributed by atoms with Crippen molar-refractivity contribution in [3.63, 3.8) is 0 Å². The third-order valence-corrected chi connectivity index (χ3v) is 3.57. The Morgan fingerprint density at radius 1 is 1.19 bits per heavy atom. The van der Waals surface area contributed by atoms with Crippen molar-refractivity contribution in [1.82, 2.24) is 0 Å². The Hall–Kier alpha value is -0.860. The Morgan fingerprint density at radius 3 is 2.19 bits per heavy atom. The molecule has 0 bridgehead atoms. The molecule has 1 aromatic carbocycles. The van der Waals surface area contributed by atoms with E-state index in [2.05, 4.69) is 26.0 Å². The van der Waals surface area contributed by atoms with E-state index in [0.717, 1.165) is 12.8 Å². The molecule has 1 aromatic rings. The average Bonchev–Trinajstić information content (AvgIpc) is 2.33. The maximum Gasteiger partial charge on any atom is 0.0869 e. The maximum atomic E-state index is 10.3. The van der Waals surface area contributed by atoms with Gasteiger partial charge in [-0.25, -0.2) is 0 Å². The summed E-state index contributed by atoms with van der Waals surface area (Å²) in [5.41, 5.74) is 1.02. The first-order valence-corrected chi connectivity index (χ1v) is 5.93. The highest BCUT2D eigenvalue weighted by Crippen LogP contribution is 2.35. The van der Waals surface area contributed by atoms with Crippen LogP contribution < -0.4 is 0 Å². The molecule has 0 saturated heterocycles. The highest BCUT2D eigenvalue weighted by Gasteiger charge is 2.36. The van der Waals surface area contributed by atoms with Crippen LogP contribution in [0.3, 0.4) is 0 Å². The minimum absolute atomic E-state index is 0.183. The van der Waals surface area contributed by atoms with Gasteiger partial charge in [0.1, 0.15) is 0 Å². The SMILES string of the molecule is CCC(CC)(c1ccccc1)C(O)COC. The van der Waals surface area contributed by atoms with Gasteiger partial charge in [-0.3, -0.25) is 0 Å². The van der Waals surface area contributed by atoms with Crippen LogP contribution >= 0.6 is 0 Å². The predicted molar refractivity (Wildman–Crippen MR) is 66.6 cm³/mol. The van der Waals surface area contributed by atoms with Crippen LogP contribution in [0.5, 0.6) is 0 Å². The van der Waals surface area contributed by atoms with Gasteiger partial charge in [0.2, 0.25) is 0 Å². The largest absolute Gasteiger partial charge is 0.390 e. The lowest BCUT2D eigenvalue weighted by Gasteiger charge is -2.37. The number of aliphatic hydroxyl groups is 1. The molecule has 0 radical (unpaired) electrons. The van der Waals surface area contributed by atoms with Crippen molar-refractivity contribution >= 4 is 0 Å². The monoisotopic (exact) mass is 222 g/mol. The summed E-state index contributed by atoms with van der Waals surface area (Å²) in [6.07, 6.45) is 1.38. The molecule has 16 heavy (non-hydrogen) atoms. The van der Waals surface area contributed by atoms with E-state index in [1.54, 1.807) is 7.11 Å². The number of rotatable bonds is 6. The zero-order valence-electron chi connectivity index (χ0n) is 10.4. The second-order valence-corrected chi connectivity index (χ2v) is 4.20. The van der Waals surface area contributed by atoms with E-state index in [4.69, 9.17) is 4.74 Å². The summed E-state index contributed by atoms with van der Waals surface area (Å²) in [5.74, 6) is 0. The summed E-state index contributed by atoms with van der Waals surface area (Å²) < 4.78 is 5.08. The number of hydrogen-bond acceptors (Lipinski definition) is 2. The van der Waals surface area contributed by atoms with Gasteiger partial charge in [-0.1, -0.05) is 44.2 Å². The lowest BCUT2D eigenvalue weighted by molar-refractivity contribution is 0.00418. The molecular weight excluding hydrogens is 200 g/mol. The van der Waals surface area contributed by atoms with Gasteiger partial charge in [-0.2, -0.15) is 0 Å². The van der Waals surface area contributed by atoms with Crippen LogP contribution in [0.4, 0.5) is 0 Å². The lowest BCUT2D eigenvalue weighted by Crippen LogP contribution is -2.41. The summed E-state index contributed by atoms with van der Waals surface area (Å²) in [7, 11) is 1.63. The summed E-state index contributed by atoms with van der Waals surface area (Å²) in [6, 6.07) is 10.2. The van der Waals surface area contributed by atoms with Crippen LogP contribution in [-0.4, -0.2) is 24.9 Å². The quantitative estimate of drug-likeness (QED) is 0.802. The summed E-state index contributed by atoms with van der Waals surface area (Å²) in [6.45, 7) is 4.63. The second-order valence-electron chi connectivity index (χ2n) is 4.20. The normalized spacial score (nSPS) is 13.8. The zero-order chi connectivity index (χ0) is 12.0. The van der Waals surface area contributed by atoms with E-state index in [1.807, 2.05) is 18.2 Å². The molecule has 0 aromatic heterocycles. The van der Waals surface area contributed by atoms with Gasteiger partial charge in [0.15, 0.2) is 0 Å². The van der Waals surface area contributed by atoms with Crippen LogP contribution in [0.15, 0.2) is 30.3 Å². The van der Waals surface area contributed by atoms with E-state index < -0.39 is 6.10 Å². The Labute approximate surface area is 98.3 Å². The van der Waals surface area contributed by atoms with E-state index in [9.17, 15) is 5.11 Å². The lowest BCUT2D eigenvalue weighted by atomic mass is 9.71. The highest BCUT2D eigenvalue weighted by atomic mass is 16.5. The van der Waals surface area contributed by atoms with Gasteiger partial charge >= 0.3 is 0 Å². The van der Waals surface area contributed by atoms with E-state index in [-0.39, 0.29) is 5.41 Å². The molecule has 0 amide bonds. The Balaban J connectivity index is 3.05. The van der Waals surface area contributed by atoms with Crippen molar-refractivity contribution in [2.24, 2.45) is 0 Å². The van der Waals surface area contributed by atoms with Crippen molar-refractivity contribution in [2.45, 2.75) is 38.2 Å². The molecule has 90 valence electrons. The number of hydrogen-bond donors (Lipinski definition) is 1. The predicted octanol–water partition coefficient (Wildman–Crippen LogP) is 2.75. The molecule has 0 saturated carbocycles. The topological polar surface area (TPSA) is 29.5 Å². The minimum atomic E-state index is -0.449. The molecule has 0 spiro atoms. The van der Waals surface area contributed by atoms with Gasteiger partial charge in [0.05, 0.1) is 12.7 Å². The minimum Gasteiger partial charge on any atom is -0.390 e. The van der Waals surface area contributed by atoms with Gasteiger partial charge < -0.3 is 9.84 Å². The van der Waals surface area contributed by atoms with E-state index in [1.165, 1.54) is 5.56 Å². The molecular formula is C14H22O2. The fraction of sp³-hybridized carbons (Fsp3) is 0.571. The third-order valence-electron chi connectivity index (χ3n) is 3.57. The van der Waals surface area contributed by atoms with Crippen LogP contribution in [0.25, 0.3) is 0 Å². The molecule has 0 aliphatic rings. The maximum absolute atomic E-state index is 10.3. The summed E-state index contributed by atoms with van der Waals surface area (Å²) >= 11 is 0. The van der Waals surface area contributed by atoms with Crippen molar-refractivity contribution in [2.75, 3.05) is 13.7 Å². The summed E-state index contributed by atoms with van der Waals surface area (Å²) in [5, 5.41) is 10.3. The molecule has 1 N–H and O–H groups in total. The Morgan fingerprint density at radius 2 is 1.75 bits per heavy atom. The van der Waals surface area contributed by atoms with Crippen molar-refractivity contribution in [3.8, 4) is 0 Å². The van der Waals surface area contributed by atoms with Gasteiger partial charge in [0.25, 0.3) is 0 Å². The number of benzene rings is 1. The summed E-state index contributed by atoms with van der Waals surface area (Å²) in [4.78, 5) is 0. The number of ether oxygens (including phenoxy) is 1. The zero-order valence-corrected chi connectivity index (χ0v) is 10.4. The molecule has 0 fully saturated rings. The van der Waals surface area contributed by atoms with Gasteiger partial charge in [0, 0.05) is 12.5 Å². The molecule has 1 rings (SSSR count). The molecule has 1 atom stereocenters. The van der Waals surface area contributed by atoms with Crippen molar-refractivity contribution in [3.05, 3.63) is 35.9 Å². The van der Waals surface area contributed by atoms with Gasteiger partial charge in [-0.15, -0.1) is 0 Å². The first-order chi connectivity index (χ1) is 7.71. The van der Waals surface area contributed by atoms with Crippen LogP contribution in [-0.2, 0) is 10.2 Å². The molecule has 0 aliphatic heterocycles. The Kier molecular flexibility index (Phi) is 4.97. The van der Waals surface area contributed by atoms with Gasteiger partial charge in [-0.05, 0) is 18.4 Å². The number of aliphatic hydroxyl groups excluding tert-OH is 1. The second kappa shape index (κ2) is 6.02. The van der Waals surface area contributed by atoms with Crippen molar-refractivity contribution in [1.29, 1.82) is 0 Å². The molecule has 0 heterocycles. The molecule has 1 unspecified atom stereocenters. The average molecular weight is 222 g/mol. The number of methoxy groups -OCH3 is 1. The molecule has 2 heteroatoms. The fourth-order valence-corrected chi connectivity index (χ4v) is 2.41. The Bertz CT molecular complexity index is 291. The van der Waals surface area contributed by atoms with Crippen LogP contribution in [0, 0.1) is 0 Å². The third kappa shape index (κ3) is 2.45. The first kappa shape index (κ1) is 13.2.